The molecule has 2 aromatic carbocycles. The van der Waals surface area contributed by atoms with Gasteiger partial charge in [-0.2, -0.15) is 0 Å². The van der Waals surface area contributed by atoms with Crippen molar-refractivity contribution in [2.24, 2.45) is 5.92 Å². The minimum absolute atomic E-state index is 0.110. The molecular formula is C23H27Cl4N3O4S. The van der Waals surface area contributed by atoms with Gasteiger partial charge in [0.15, 0.2) is 0 Å². The van der Waals surface area contributed by atoms with Gasteiger partial charge in [0.25, 0.3) is 0 Å². The zero-order chi connectivity index (χ0) is 26.5. The summed E-state index contributed by atoms with van der Waals surface area (Å²) in [6, 6.07) is 8.16. The van der Waals surface area contributed by atoms with Crippen molar-refractivity contribution in [2.75, 3.05) is 23.7 Å². The van der Waals surface area contributed by atoms with E-state index < -0.39 is 34.4 Å². The number of nitrogens with one attached hydrogen (secondary N) is 1. The second-order valence-corrected chi connectivity index (χ2v) is 12.0. The summed E-state index contributed by atoms with van der Waals surface area (Å²) in [7, 11) is -3.92. The second-order valence-electron chi connectivity index (χ2n) is 8.43. The smallest absolute Gasteiger partial charge is 0.244 e. The van der Waals surface area contributed by atoms with Crippen molar-refractivity contribution >= 4 is 73.9 Å². The number of amides is 2. The average molecular weight is 583 g/mol. The predicted molar refractivity (Wildman–Crippen MR) is 143 cm³/mol. The summed E-state index contributed by atoms with van der Waals surface area (Å²) in [5.41, 5.74) is 0.551. The van der Waals surface area contributed by atoms with E-state index in [1.165, 1.54) is 23.1 Å². The Balaban J connectivity index is 2.46. The summed E-state index contributed by atoms with van der Waals surface area (Å²) < 4.78 is 26.1. The van der Waals surface area contributed by atoms with Gasteiger partial charge in [0, 0.05) is 38.7 Å². The fraction of sp³-hybridized carbons (Fsp3) is 0.391. The lowest BCUT2D eigenvalue weighted by atomic mass is 10.1. The van der Waals surface area contributed by atoms with Gasteiger partial charge in [-0.15, -0.1) is 0 Å². The van der Waals surface area contributed by atoms with Crippen LogP contribution in [0.25, 0.3) is 0 Å². The Morgan fingerprint density at radius 3 is 2.00 bits per heavy atom. The van der Waals surface area contributed by atoms with E-state index in [4.69, 9.17) is 46.4 Å². The number of carbonyl (C=O) groups is 2. The summed E-state index contributed by atoms with van der Waals surface area (Å²) in [4.78, 5) is 27.6. The van der Waals surface area contributed by atoms with Crippen LogP contribution >= 0.6 is 46.4 Å². The van der Waals surface area contributed by atoms with E-state index in [1.54, 1.807) is 25.1 Å². The molecule has 0 spiro atoms. The number of nitrogens with zero attached hydrogens (tertiary/aromatic N) is 2. The lowest BCUT2D eigenvalue weighted by Gasteiger charge is -2.32. The molecule has 1 N–H and O–H groups in total. The molecule has 0 aliphatic heterocycles. The Labute approximate surface area is 226 Å². The van der Waals surface area contributed by atoms with Crippen LogP contribution in [0.15, 0.2) is 36.4 Å². The molecule has 2 rings (SSSR count). The first kappa shape index (κ1) is 29.5. The fourth-order valence-corrected chi connectivity index (χ4v) is 5.05. The number of hydrogen-bond donors (Lipinski definition) is 1. The molecule has 12 heteroatoms. The van der Waals surface area contributed by atoms with Crippen molar-refractivity contribution in [1.82, 2.24) is 10.2 Å². The Bertz CT molecular complexity index is 1150. The Morgan fingerprint density at radius 1 is 0.971 bits per heavy atom. The maximum Gasteiger partial charge on any atom is 0.244 e. The molecule has 2 aromatic rings. The molecule has 35 heavy (non-hydrogen) atoms. The van der Waals surface area contributed by atoms with Crippen LogP contribution in [0, 0.1) is 5.92 Å². The number of sulfonamides is 1. The molecule has 0 radical (unpaired) electrons. The Morgan fingerprint density at radius 2 is 1.51 bits per heavy atom. The van der Waals surface area contributed by atoms with Crippen LogP contribution in [0.1, 0.15) is 26.3 Å². The van der Waals surface area contributed by atoms with Crippen LogP contribution in [0.5, 0.6) is 0 Å². The average Bonchev–Trinajstić information content (AvgIpc) is 2.73. The third-order valence-corrected chi connectivity index (χ3v) is 7.34. The predicted octanol–water partition coefficient (Wildman–Crippen LogP) is 5.26. The molecule has 192 valence electrons. The van der Waals surface area contributed by atoms with Crippen molar-refractivity contribution in [3.05, 3.63) is 62.1 Å². The van der Waals surface area contributed by atoms with Crippen LogP contribution < -0.4 is 9.62 Å². The normalized spacial score (nSPS) is 12.4. The third-order valence-electron chi connectivity index (χ3n) is 5.06. The first-order chi connectivity index (χ1) is 16.2. The van der Waals surface area contributed by atoms with E-state index in [0.29, 0.717) is 22.2 Å². The zero-order valence-corrected chi connectivity index (χ0v) is 23.5. The fourth-order valence-electron chi connectivity index (χ4n) is 3.19. The summed E-state index contributed by atoms with van der Waals surface area (Å²) in [5, 5.41) is 3.83. The van der Waals surface area contributed by atoms with Crippen molar-refractivity contribution < 1.29 is 18.0 Å². The van der Waals surface area contributed by atoms with E-state index in [1.807, 2.05) is 13.8 Å². The summed E-state index contributed by atoms with van der Waals surface area (Å²) in [6.45, 7) is 5.14. The molecule has 0 aliphatic rings. The minimum atomic E-state index is -3.92. The highest BCUT2D eigenvalue weighted by Crippen LogP contribution is 2.29. The minimum Gasteiger partial charge on any atom is -0.354 e. The first-order valence-electron chi connectivity index (χ1n) is 10.6. The zero-order valence-electron chi connectivity index (χ0n) is 19.7. The molecule has 1 atom stereocenters. The van der Waals surface area contributed by atoms with Crippen LogP contribution in [-0.4, -0.2) is 50.5 Å². The molecule has 0 fully saturated rings. The van der Waals surface area contributed by atoms with Gasteiger partial charge in [-0.3, -0.25) is 13.9 Å². The van der Waals surface area contributed by atoms with Crippen LogP contribution in [0.4, 0.5) is 5.69 Å². The van der Waals surface area contributed by atoms with E-state index in [2.05, 4.69) is 5.32 Å². The lowest BCUT2D eigenvalue weighted by Crippen LogP contribution is -2.51. The lowest BCUT2D eigenvalue weighted by molar-refractivity contribution is -0.139. The third kappa shape index (κ3) is 8.43. The highest BCUT2D eigenvalue weighted by molar-refractivity contribution is 7.92. The van der Waals surface area contributed by atoms with Gasteiger partial charge in [-0.25, -0.2) is 8.42 Å². The Kier molecular flexibility index (Phi) is 10.5. The van der Waals surface area contributed by atoms with E-state index in [9.17, 15) is 18.0 Å². The molecule has 0 aliphatic carbocycles. The quantitative estimate of drug-likeness (QED) is 0.414. The first-order valence-corrected chi connectivity index (χ1v) is 14.0. The van der Waals surface area contributed by atoms with Gasteiger partial charge < -0.3 is 10.2 Å². The van der Waals surface area contributed by atoms with Crippen LogP contribution in [0.2, 0.25) is 20.1 Å². The van der Waals surface area contributed by atoms with Gasteiger partial charge in [0.05, 0.1) is 11.9 Å². The number of anilines is 1. The molecular weight excluding hydrogens is 556 g/mol. The number of rotatable bonds is 10. The van der Waals surface area contributed by atoms with Crippen molar-refractivity contribution in [3.63, 3.8) is 0 Å². The van der Waals surface area contributed by atoms with E-state index in [-0.39, 0.29) is 28.2 Å². The monoisotopic (exact) mass is 581 g/mol. The number of benzene rings is 2. The molecule has 0 heterocycles. The molecule has 0 saturated heterocycles. The molecule has 0 bridgehead atoms. The van der Waals surface area contributed by atoms with Crippen molar-refractivity contribution in [3.8, 4) is 0 Å². The van der Waals surface area contributed by atoms with Gasteiger partial charge >= 0.3 is 0 Å². The molecule has 0 saturated carbocycles. The highest BCUT2D eigenvalue weighted by Gasteiger charge is 2.31. The summed E-state index contributed by atoms with van der Waals surface area (Å²) in [5.74, 6) is -0.844. The second kappa shape index (κ2) is 12.5. The molecule has 2 amide bonds. The Hall–Kier alpha value is -1.71. The molecule has 0 aromatic heterocycles. The summed E-state index contributed by atoms with van der Waals surface area (Å²) >= 11 is 24.7. The number of carbonyl (C=O) groups excluding carboxylic acids is 2. The van der Waals surface area contributed by atoms with Gasteiger partial charge in [0.2, 0.25) is 21.8 Å². The van der Waals surface area contributed by atoms with Gasteiger partial charge in [-0.05, 0) is 43.2 Å². The summed E-state index contributed by atoms with van der Waals surface area (Å²) in [6.07, 6.45) is 0.961. The van der Waals surface area contributed by atoms with E-state index >= 15 is 0 Å². The largest absolute Gasteiger partial charge is 0.354 e. The van der Waals surface area contributed by atoms with Crippen LogP contribution in [0.3, 0.4) is 0 Å². The number of halogens is 4. The van der Waals surface area contributed by atoms with E-state index in [0.717, 1.165) is 10.6 Å². The molecule has 0 unspecified atom stereocenters. The standard InChI is InChI=1S/C23H27Cl4N3O4S/c1-14(2)11-28-23(32)15(3)29(12-19-20(26)6-5-7-21(19)27)22(31)13-30(35(4,33)34)18-9-16(24)8-17(25)10-18/h5-10,14-15H,11-13H2,1-4H3,(H,28,32)/t15-/m0/s1. The highest BCUT2D eigenvalue weighted by atomic mass is 35.5. The van der Waals surface area contributed by atoms with Crippen molar-refractivity contribution in [1.29, 1.82) is 0 Å². The molecule has 7 nitrogen and oxygen atoms in total. The SMILES string of the molecule is CC(C)CNC(=O)[C@H](C)N(Cc1c(Cl)cccc1Cl)C(=O)CN(c1cc(Cl)cc(Cl)c1)S(C)(=O)=O. The van der Waals surface area contributed by atoms with Crippen LogP contribution in [-0.2, 0) is 26.2 Å². The number of hydrogen-bond acceptors (Lipinski definition) is 4. The van der Waals surface area contributed by atoms with Crippen molar-refractivity contribution in [2.45, 2.75) is 33.4 Å². The van der Waals surface area contributed by atoms with Gasteiger partial charge in [0.1, 0.15) is 12.6 Å². The topological polar surface area (TPSA) is 86.8 Å². The maximum absolute atomic E-state index is 13.5. The maximum atomic E-state index is 13.5. The van der Waals surface area contributed by atoms with Gasteiger partial charge in [-0.1, -0.05) is 66.3 Å².